The number of aryl methyl sites for hydroxylation is 1. The van der Waals surface area contributed by atoms with E-state index in [2.05, 4.69) is 15.6 Å². The SMILES string of the molecule is Cc1ccc(NC(=O)OCc2ccc3c(c2)C(=O)N(C2CCC(=O)NC2=O)C3)nc1Cl. The number of fused-ring (bicyclic) bond motifs is 1. The Hall–Kier alpha value is -3.46. The summed E-state index contributed by atoms with van der Waals surface area (Å²) in [6.07, 6.45) is -0.201. The van der Waals surface area contributed by atoms with Crippen molar-refractivity contribution in [2.24, 2.45) is 0 Å². The Morgan fingerprint density at radius 1 is 1.29 bits per heavy atom. The number of nitrogens with one attached hydrogen (secondary N) is 2. The number of ether oxygens (including phenoxy) is 1. The molecule has 4 amide bonds. The van der Waals surface area contributed by atoms with Crippen molar-refractivity contribution in [1.29, 1.82) is 0 Å². The molecule has 9 nitrogen and oxygen atoms in total. The monoisotopic (exact) mass is 442 g/mol. The van der Waals surface area contributed by atoms with E-state index in [1.165, 1.54) is 4.90 Å². The third-order valence-electron chi connectivity index (χ3n) is 5.23. The van der Waals surface area contributed by atoms with Crippen molar-refractivity contribution >= 4 is 41.2 Å². The third-order valence-corrected chi connectivity index (χ3v) is 5.61. The van der Waals surface area contributed by atoms with E-state index in [0.717, 1.165) is 11.1 Å². The van der Waals surface area contributed by atoms with Crippen molar-refractivity contribution in [3.63, 3.8) is 0 Å². The summed E-state index contributed by atoms with van der Waals surface area (Å²) in [5, 5.41) is 5.06. The molecule has 1 aromatic carbocycles. The van der Waals surface area contributed by atoms with E-state index in [0.29, 0.717) is 24.1 Å². The summed E-state index contributed by atoms with van der Waals surface area (Å²) in [6.45, 7) is 2.04. The minimum Gasteiger partial charge on any atom is -0.444 e. The van der Waals surface area contributed by atoms with Crippen molar-refractivity contribution in [2.45, 2.75) is 39.0 Å². The predicted octanol–water partition coefficient (Wildman–Crippen LogP) is 2.55. The van der Waals surface area contributed by atoms with Gasteiger partial charge in [0.05, 0.1) is 0 Å². The molecule has 3 heterocycles. The number of carbonyl (C=O) groups excluding carboxylic acids is 4. The zero-order valence-electron chi connectivity index (χ0n) is 16.6. The zero-order valence-corrected chi connectivity index (χ0v) is 17.4. The molecule has 0 radical (unpaired) electrons. The maximum Gasteiger partial charge on any atom is 0.413 e. The van der Waals surface area contributed by atoms with Crippen LogP contribution in [0.5, 0.6) is 0 Å². The molecule has 0 spiro atoms. The first-order valence-electron chi connectivity index (χ1n) is 9.65. The van der Waals surface area contributed by atoms with Crippen LogP contribution in [-0.2, 0) is 27.5 Å². The van der Waals surface area contributed by atoms with Crippen LogP contribution in [0, 0.1) is 6.92 Å². The third kappa shape index (κ3) is 4.36. The predicted molar refractivity (Wildman–Crippen MR) is 110 cm³/mol. The highest BCUT2D eigenvalue weighted by molar-refractivity contribution is 6.30. The van der Waals surface area contributed by atoms with E-state index in [9.17, 15) is 19.2 Å². The van der Waals surface area contributed by atoms with Crippen LogP contribution in [-0.4, -0.2) is 39.7 Å². The number of rotatable bonds is 4. The van der Waals surface area contributed by atoms with Crippen LogP contribution in [0.2, 0.25) is 5.15 Å². The average Bonchev–Trinajstić information content (AvgIpc) is 3.05. The van der Waals surface area contributed by atoms with Gasteiger partial charge in [-0.05, 0) is 42.2 Å². The van der Waals surface area contributed by atoms with Crippen molar-refractivity contribution in [3.05, 3.63) is 57.7 Å². The number of piperidine rings is 1. The van der Waals surface area contributed by atoms with Gasteiger partial charge >= 0.3 is 6.09 Å². The molecule has 0 saturated carbocycles. The summed E-state index contributed by atoms with van der Waals surface area (Å²) in [7, 11) is 0. The molecule has 2 aromatic rings. The molecule has 2 N–H and O–H groups in total. The maximum absolute atomic E-state index is 12.8. The fraction of sp³-hybridized carbons (Fsp3) is 0.286. The average molecular weight is 443 g/mol. The Balaban J connectivity index is 1.38. The number of nitrogens with zero attached hydrogens (tertiary/aromatic N) is 2. The van der Waals surface area contributed by atoms with Crippen molar-refractivity contribution in [2.75, 3.05) is 5.32 Å². The number of benzene rings is 1. The molecule has 1 aromatic heterocycles. The second-order valence-corrected chi connectivity index (χ2v) is 7.75. The number of amides is 4. The van der Waals surface area contributed by atoms with Gasteiger partial charge in [-0.15, -0.1) is 0 Å². The van der Waals surface area contributed by atoms with Gasteiger partial charge in [-0.2, -0.15) is 0 Å². The van der Waals surface area contributed by atoms with Gasteiger partial charge in [0.2, 0.25) is 11.8 Å². The largest absolute Gasteiger partial charge is 0.444 e. The first-order chi connectivity index (χ1) is 14.8. The molecular formula is C21H19ClN4O5. The fourth-order valence-electron chi connectivity index (χ4n) is 3.55. The van der Waals surface area contributed by atoms with E-state index < -0.39 is 18.0 Å². The van der Waals surface area contributed by atoms with Crippen LogP contribution in [0.15, 0.2) is 30.3 Å². The van der Waals surface area contributed by atoms with Crippen LogP contribution in [0.3, 0.4) is 0 Å². The zero-order chi connectivity index (χ0) is 22.1. The number of anilines is 1. The topological polar surface area (TPSA) is 118 Å². The molecule has 1 unspecified atom stereocenters. The van der Waals surface area contributed by atoms with Gasteiger partial charge in [0, 0.05) is 18.5 Å². The van der Waals surface area contributed by atoms with Crippen LogP contribution in [0.25, 0.3) is 0 Å². The summed E-state index contributed by atoms with van der Waals surface area (Å²) in [4.78, 5) is 53.9. The molecule has 2 aliphatic rings. The Kier molecular flexibility index (Phi) is 5.60. The molecule has 1 fully saturated rings. The molecule has 0 bridgehead atoms. The molecular weight excluding hydrogens is 424 g/mol. The Morgan fingerprint density at radius 2 is 2.10 bits per heavy atom. The van der Waals surface area contributed by atoms with E-state index in [1.54, 1.807) is 37.3 Å². The first kappa shape index (κ1) is 20.8. The summed E-state index contributed by atoms with van der Waals surface area (Å²) in [5.41, 5.74) is 2.65. The molecule has 0 aliphatic carbocycles. The summed E-state index contributed by atoms with van der Waals surface area (Å²) in [6, 6.07) is 7.85. The van der Waals surface area contributed by atoms with E-state index in [1.807, 2.05) is 0 Å². The quantitative estimate of drug-likeness (QED) is 0.555. The van der Waals surface area contributed by atoms with Gasteiger partial charge in [-0.1, -0.05) is 29.8 Å². The van der Waals surface area contributed by atoms with Gasteiger partial charge in [0.15, 0.2) is 0 Å². The van der Waals surface area contributed by atoms with Crippen LogP contribution < -0.4 is 10.6 Å². The molecule has 31 heavy (non-hydrogen) atoms. The number of pyridine rings is 1. The Morgan fingerprint density at radius 3 is 2.84 bits per heavy atom. The second kappa shape index (κ2) is 8.35. The fourth-order valence-corrected chi connectivity index (χ4v) is 3.71. The van der Waals surface area contributed by atoms with Gasteiger partial charge in [0.1, 0.15) is 23.6 Å². The van der Waals surface area contributed by atoms with Gasteiger partial charge in [-0.25, -0.2) is 9.78 Å². The Labute approximate surface area is 182 Å². The van der Waals surface area contributed by atoms with Crippen LogP contribution in [0.1, 0.15) is 39.9 Å². The minimum absolute atomic E-state index is 0.0512. The molecule has 2 aliphatic heterocycles. The van der Waals surface area contributed by atoms with E-state index in [4.69, 9.17) is 16.3 Å². The summed E-state index contributed by atoms with van der Waals surface area (Å²) < 4.78 is 5.21. The van der Waals surface area contributed by atoms with Gasteiger partial charge < -0.3 is 9.64 Å². The number of hydrogen-bond acceptors (Lipinski definition) is 6. The minimum atomic E-state index is -0.704. The second-order valence-electron chi connectivity index (χ2n) is 7.40. The van der Waals surface area contributed by atoms with Gasteiger partial charge in [-0.3, -0.25) is 25.0 Å². The van der Waals surface area contributed by atoms with Gasteiger partial charge in [0.25, 0.3) is 5.91 Å². The van der Waals surface area contributed by atoms with Crippen LogP contribution in [0.4, 0.5) is 10.6 Å². The molecule has 10 heteroatoms. The number of aromatic nitrogens is 1. The standard InChI is InChI=1S/C21H19ClN4O5/c1-11-2-6-16(23-18(11)22)24-21(30)31-10-12-3-4-13-9-26(20(29)14(13)8-12)15-5-7-17(27)25-19(15)28/h2-4,6,8,15H,5,7,9-10H2,1H3,(H,23,24,30)(H,25,27,28). The lowest BCUT2D eigenvalue weighted by molar-refractivity contribution is -0.136. The summed E-state index contributed by atoms with van der Waals surface area (Å²) >= 11 is 5.94. The number of halogens is 1. The number of imide groups is 1. The highest BCUT2D eigenvalue weighted by Crippen LogP contribution is 2.28. The van der Waals surface area contributed by atoms with E-state index in [-0.39, 0.29) is 35.8 Å². The number of carbonyl (C=O) groups is 4. The van der Waals surface area contributed by atoms with Crippen molar-refractivity contribution in [1.82, 2.24) is 15.2 Å². The molecule has 1 atom stereocenters. The highest BCUT2D eigenvalue weighted by Gasteiger charge is 2.39. The van der Waals surface area contributed by atoms with Crippen LogP contribution >= 0.6 is 11.6 Å². The summed E-state index contributed by atoms with van der Waals surface area (Å²) in [5.74, 6) is -0.799. The molecule has 160 valence electrons. The van der Waals surface area contributed by atoms with Crippen molar-refractivity contribution < 1.29 is 23.9 Å². The number of hydrogen-bond donors (Lipinski definition) is 2. The molecule has 4 rings (SSSR count). The lowest BCUT2D eigenvalue weighted by Gasteiger charge is -2.29. The Bertz CT molecular complexity index is 1100. The lowest BCUT2D eigenvalue weighted by atomic mass is 10.0. The molecule has 1 saturated heterocycles. The van der Waals surface area contributed by atoms with Crippen molar-refractivity contribution in [3.8, 4) is 0 Å². The lowest BCUT2D eigenvalue weighted by Crippen LogP contribution is -2.52. The van der Waals surface area contributed by atoms with E-state index >= 15 is 0 Å². The highest BCUT2D eigenvalue weighted by atomic mass is 35.5. The maximum atomic E-state index is 12.8. The first-order valence-corrected chi connectivity index (χ1v) is 10.0. The smallest absolute Gasteiger partial charge is 0.413 e. The normalized spacial score (nSPS) is 17.9.